The highest BCUT2D eigenvalue weighted by molar-refractivity contribution is 5.95. The highest BCUT2D eigenvalue weighted by atomic mass is 28.2. The molecule has 0 heterocycles. The Morgan fingerprint density at radius 1 is 0.625 bits per heavy atom. The van der Waals surface area contributed by atoms with Gasteiger partial charge < -0.3 is 4.80 Å². The quantitative estimate of drug-likeness (QED) is 0.388. The van der Waals surface area contributed by atoms with Crippen LogP contribution in [-0.2, 0) is 0 Å². The summed E-state index contributed by atoms with van der Waals surface area (Å²) in [7, 11) is 1.97. The van der Waals surface area contributed by atoms with E-state index in [-0.39, 0.29) is 0 Å². The first-order chi connectivity index (χ1) is 4.00. The van der Waals surface area contributed by atoms with E-state index in [0.717, 1.165) is 0 Å². The number of rotatable bonds is 0. The maximum atomic E-state index is 6.81. The highest BCUT2D eigenvalue weighted by Crippen LogP contribution is 0.866. The Morgan fingerprint density at radius 3 is 0.625 bits per heavy atom. The van der Waals surface area contributed by atoms with Gasteiger partial charge in [0.15, 0.2) is 0 Å². The SMILES string of the molecule is C=C.C=C.C=C.O[Si]. The van der Waals surface area contributed by atoms with E-state index in [2.05, 4.69) is 39.5 Å². The van der Waals surface area contributed by atoms with Gasteiger partial charge in [-0.3, -0.25) is 0 Å². The summed E-state index contributed by atoms with van der Waals surface area (Å²) in [6.07, 6.45) is 0. The molecule has 0 bridgehead atoms. The molecular formula is C6H13OSi. The third-order valence-corrected chi connectivity index (χ3v) is 0. The van der Waals surface area contributed by atoms with Gasteiger partial charge in [-0.15, -0.1) is 39.5 Å². The molecule has 0 aromatic carbocycles. The van der Waals surface area contributed by atoms with Crippen molar-refractivity contribution >= 4 is 10.5 Å². The summed E-state index contributed by atoms with van der Waals surface area (Å²) in [6, 6.07) is 0. The molecule has 0 aromatic rings. The van der Waals surface area contributed by atoms with Crippen LogP contribution in [0.25, 0.3) is 0 Å². The molecule has 2 heteroatoms. The smallest absolute Gasteiger partial charge is 0.240 e. The van der Waals surface area contributed by atoms with Gasteiger partial charge in [-0.25, -0.2) is 0 Å². The molecule has 1 nitrogen and oxygen atoms in total. The zero-order valence-corrected chi connectivity index (χ0v) is 6.19. The van der Waals surface area contributed by atoms with Crippen molar-refractivity contribution in [3.63, 3.8) is 0 Å². The minimum atomic E-state index is 1.97. The van der Waals surface area contributed by atoms with Gasteiger partial charge >= 0.3 is 0 Å². The molecule has 3 radical (unpaired) electrons. The molecule has 8 heavy (non-hydrogen) atoms. The van der Waals surface area contributed by atoms with Crippen molar-refractivity contribution in [2.24, 2.45) is 0 Å². The van der Waals surface area contributed by atoms with Gasteiger partial charge in [-0.05, 0) is 0 Å². The Hall–Kier alpha value is -0.603. The molecule has 0 aromatic heterocycles. The van der Waals surface area contributed by atoms with E-state index in [1.807, 2.05) is 10.5 Å². The van der Waals surface area contributed by atoms with Crippen molar-refractivity contribution in [3.8, 4) is 0 Å². The normalized spacial score (nSPS) is 2.25. The van der Waals surface area contributed by atoms with Gasteiger partial charge in [-0.2, -0.15) is 0 Å². The predicted molar refractivity (Wildman–Crippen MR) is 41.7 cm³/mol. The summed E-state index contributed by atoms with van der Waals surface area (Å²) >= 11 is 0. The molecule has 0 aliphatic rings. The molecule has 0 aliphatic heterocycles. The van der Waals surface area contributed by atoms with Crippen LogP contribution in [-0.4, -0.2) is 15.3 Å². The van der Waals surface area contributed by atoms with E-state index >= 15 is 0 Å². The Bertz CT molecular complexity index is 13.2. The lowest BCUT2D eigenvalue weighted by molar-refractivity contribution is 0.629. The summed E-state index contributed by atoms with van der Waals surface area (Å²) < 4.78 is 0. The number of hydrogen-bond donors (Lipinski definition) is 1. The molecule has 0 aliphatic carbocycles. The van der Waals surface area contributed by atoms with Crippen LogP contribution in [0.3, 0.4) is 0 Å². The van der Waals surface area contributed by atoms with Gasteiger partial charge in [0.2, 0.25) is 10.5 Å². The van der Waals surface area contributed by atoms with Gasteiger partial charge in [0.05, 0.1) is 0 Å². The minimum Gasteiger partial charge on any atom is -0.433 e. The second-order valence-electron chi connectivity index (χ2n) is 0. The van der Waals surface area contributed by atoms with Crippen LogP contribution in [0.4, 0.5) is 0 Å². The van der Waals surface area contributed by atoms with Crippen molar-refractivity contribution in [1.29, 1.82) is 0 Å². The van der Waals surface area contributed by atoms with Crippen LogP contribution in [0.15, 0.2) is 39.5 Å². The molecule has 1 N–H and O–H groups in total. The lowest BCUT2D eigenvalue weighted by Crippen LogP contribution is -1.34. The molecule has 0 spiro atoms. The van der Waals surface area contributed by atoms with E-state index < -0.39 is 0 Å². The minimum absolute atomic E-state index is 1.97. The largest absolute Gasteiger partial charge is 0.433 e. The zero-order chi connectivity index (χ0) is 8.00. The van der Waals surface area contributed by atoms with Crippen molar-refractivity contribution in [2.75, 3.05) is 0 Å². The fourth-order valence-electron chi connectivity index (χ4n) is 0. The third kappa shape index (κ3) is 287. The van der Waals surface area contributed by atoms with Gasteiger partial charge in [0, 0.05) is 0 Å². The maximum absolute atomic E-state index is 6.81. The fraction of sp³-hybridized carbons (Fsp3) is 0. The number of hydrogen-bond acceptors (Lipinski definition) is 1. The Kier molecular flexibility index (Phi) is 1680. The molecule has 0 unspecified atom stereocenters. The molecule has 0 fully saturated rings. The van der Waals surface area contributed by atoms with E-state index in [4.69, 9.17) is 4.80 Å². The maximum Gasteiger partial charge on any atom is 0.240 e. The lowest BCUT2D eigenvalue weighted by Gasteiger charge is -1.15. The Labute approximate surface area is 55.6 Å². The van der Waals surface area contributed by atoms with Crippen LogP contribution in [0, 0.1) is 0 Å². The fourth-order valence-corrected chi connectivity index (χ4v) is 0. The monoisotopic (exact) mass is 129 g/mol. The Morgan fingerprint density at radius 2 is 0.625 bits per heavy atom. The molecule has 0 rings (SSSR count). The van der Waals surface area contributed by atoms with Crippen LogP contribution >= 0.6 is 0 Å². The molecular weight excluding hydrogens is 116 g/mol. The summed E-state index contributed by atoms with van der Waals surface area (Å²) in [5.41, 5.74) is 0. The standard InChI is InChI=1S/3C2H4.HOSi/c4*1-2/h3*1-2H2;1H. The average molecular weight is 129 g/mol. The summed E-state index contributed by atoms with van der Waals surface area (Å²) in [6.45, 7) is 18.0. The average Bonchev–Trinajstić information content (AvgIpc) is 2.03. The molecule has 0 amide bonds. The highest BCUT2D eigenvalue weighted by Gasteiger charge is 0.959. The molecule has 47 valence electrons. The summed E-state index contributed by atoms with van der Waals surface area (Å²) in [4.78, 5) is 6.81. The van der Waals surface area contributed by atoms with Crippen molar-refractivity contribution < 1.29 is 4.80 Å². The topological polar surface area (TPSA) is 20.2 Å². The predicted octanol–water partition coefficient (Wildman–Crippen LogP) is 1.47. The van der Waals surface area contributed by atoms with Crippen LogP contribution in [0.5, 0.6) is 0 Å². The van der Waals surface area contributed by atoms with Gasteiger partial charge in [0.25, 0.3) is 0 Å². The van der Waals surface area contributed by atoms with Gasteiger partial charge in [0.1, 0.15) is 0 Å². The van der Waals surface area contributed by atoms with Gasteiger partial charge in [-0.1, -0.05) is 0 Å². The second kappa shape index (κ2) is 512. The van der Waals surface area contributed by atoms with Crippen molar-refractivity contribution in [2.45, 2.75) is 0 Å². The van der Waals surface area contributed by atoms with E-state index in [1.165, 1.54) is 0 Å². The summed E-state index contributed by atoms with van der Waals surface area (Å²) in [5.74, 6) is 0. The van der Waals surface area contributed by atoms with E-state index in [9.17, 15) is 0 Å². The van der Waals surface area contributed by atoms with E-state index in [0.29, 0.717) is 0 Å². The first-order valence-electron chi connectivity index (χ1n) is 1.72. The molecule has 0 saturated heterocycles. The zero-order valence-electron chi connectivity index (χ0n) is 5.19. The van der Waals surface area contributed by atoms with Crippen molar-refractivity contribution in [3.05, 3.63) is 39.5 Å². The Balaban J connectivity index is -0.0000000133. The van der Waals surface area contributed by atoms with E-state index in [1.54, 1.807) is 0 Å². The lowest BCUT2D eigenvalue weighted by atomic mass is 11.3. The molecule has 0 atom stereocenters. The van der Waals surface area contributed by atoms with Crippen LogP contribution in [0.2, 0.25) is 0 Å². The van der Waals surface area contributed by atoms with Crippen LogP contribution < -0.4 is 0 Å². The van der Waals surface area contributed by atoms with Crippen molar-refractivity contribution in [1.82, 2.24) is 0 Å². The second-order valence-corrected chi connectivity index (χ2v) is 0. The first kappa shape index (κ1) is 26.2. The molecule has 0 saturated carbocycles. The third-order valence-electron chi connectivity index (χ3n) is 0. The summed E-state index contributed by atoms with van der Waals surface area (Å²) in [5, 5.41) is 0. The van der Waals surface area contributed by atoms with Crippen LogP contribution in [0.1, 0.15) is 0 Å². The first-order valence-corrected chi connectivity index (χ1v) is 2.17.